The number of ether oxygens (including phenoxy) is 2. The number of phosphoric acid groups is 1. The third kappa shape index (κ3) is 25.1. The molecule has 0 amide bonds. The van der Waals surface area contributed by atoms with Crippen LogP contribution >= 0.6 is 7.82 Å². The molecular formula is C41H73O13P. The highest BCUT2D eigenvalue weighted by Gasteiger charge is 2.51. The van der Waals surface area contributed by atoms with Crippen molar-refractivity contribution in [3.05, 3.63) is 36.5 Å². The van der Waals surface area contributed by atoms with Gasteiger partial charge in [-0.05, 0) is 64.2 Å². The van der Waals surface area contributed by atoms with Gasteiger partial charge in [0.15, 0.2) is 6.10 Å². The molecule has 1 aliphatic carbocycles. The van der Waals surface area contributed by atoms with E-state index in [9.17, 15) is 44.6 Å². The number of aliphatic hydroxyl groups is 5. The molecule has 0 radical (unpaired) electrons. The van der Waals surface area contributed by atoms with E-state index in [0.29, 0.717) is 12.8 Å². The number of aliphatic hydroxyl groups excluding tert-OH is 5. The Morgan fingerprint density at radius 1 is 0.564 bits per heavy atom. The SMILES string of the molecule is CCCC/C=C/CCCCCCCC(=O)OC[C@H](COP(=O)(O)OC1C(O)C(O)C(O)[C@@H](O)C1O)OC(=O)CCCC/C=C/C/C=C/CCCCCCCC. The summed E-state index contributed by atoms with van der Waals surface area (Å²) in [5.41, 5.74) is 0. The Morgan fingerprint density at radius 2 is 1.00 bits per heavy atom. The van der Waals surface area contributed by atoms with E-state index in [1.165, 1.54) is 51.4 Å². The molecule has 0 aromatic rings. The molecular weight excluding hydrogens is 731 g/mol. The molecule has 6 N–H and O–H groups in total. The van der Waals surface area contributed by atoms with E-state index in [-0.39, 0.29) is 12.8 Å². The molecule has 1 fully saturated rings. The molecule has 1 rings (SSSR count). The molecule has 1 saturated carbocycles. The van der Waals surface area contributed by atoms with Crippen molar-refractivity contribution >= 4 is 19.8 Å². The van der Waals surface area contributed by atoms with E-state index < -0.39 is 75.7 Å². The number of hydrogen-bond donors (Lipinski definition) is 6. The van der Waals surface area contributed by atoms with Crippen LogP contribution in [0.4, 0.5) is 0 Å². The first kappa shape index (κ1) is 51.1. The smallest absolute Gasteiger partial charge is 0.462 e. The first-order valence-corrected chi connectivity index (χ1v) is 22.3. The molecule has 0 aromatic heterocycles. The number of rotatable bonds is 33. The van der Waals surface area contributed by atoms with Gasteiger partial charge in [-0.1, -0.05) is 115 Å². The summed E-state index contributed by atoms with van der Waals surface area (Å²) in [4.78, 5) is 35.5. The van der Waals surface area contributed by atoms with Crippen LogP contribution in [-0.2, 0) is 32.7 Å². The van der Waals surface area contributed by atoms with Gasteiger partial charge in [0.1, 0.15) is 43.2 Å². The van der Waals surface area contributed by atoms with Gasteiger partial charge >= 0.3 is 19.8 Å². The number of unbranched alkanes of at least 4 members (excludes halogenated alkanes) is 15. The Kier molecular flexibility index (Phi) is 29.8. The fourth-order valence-electron chi connectivity index (χ4n) is 6.00. The summed E-state index contributed by atoms with van der Waals surface area (Å²) in [6.45, 7) is 3.19. The highest BCUT2D eigenvalue weighted by atomic mass is 31.2. The van der Waals surface area contributed by atoms with Crippen LogP contribution < -0.4 is 0 Å². The lowest BCUT2D eigenvalue weighted by Gasteiger charge is -2.41. The maximum atomic E-state index is 12.8. The van der Waals surface area contributed by atoms with Gasteiger partial charge in [0, 0.05) is 12.8 Å². The average Bonchev–Trinajstić information content (AvgIpc) is 3.16. The lowest BCUT2D eigenvalue weighted by atomic mass is 9.85. The van der Waals surface area contributed by atoms with Gasteiger partial charge in [0.2, 0.25) is 0 Å². The summed E-state index contributed by atoms with van der Waals surface area (Å²) in [5, 5.41) is 50.0. The summed E-state index contributed by atoms with van der Waals surface area (Å²) in [6.07, 6.45) is 20.8. The second-order valence-electron chi connectivity index (χ2n) is 14.5. The van der Waals surface area contributed by atoms with Crippen molar-refractivity contribution < 1.29 is 63.1 Å². The molecule has 8 atom stereocenters. The van der Waals surface area contributed by atoms with Crippen molar-refractivity contribution in [1.29, 1.82) is 0 Å². The van der Waals surface area contributed by atoms with Crippen LogP contribution in [-0.4, -0.2) is 98.3 Å². The fourth-order valence-corrected chi connectivity index (χ4v) is 6.97. The molecule has 13 nitrogen and oxygen atoms in total. The molecule has 1 aliphatic rings. The third-order valence-corrected chi connectivity index (χ3v) is 10.4. The normalized spacial score (nSPS) is 23.4. The van der Waals surface area contributed by atoms with Crippen LogP contribution in [0.25, 0.3) is 0 Å². The Bertz CT molecular complexity index is 1110. The van der Waals surface area contributed by atoms with Gasteiger partial charge in [0.05, 0.1) is 6.61 Å². The molecule has 14 heteroatoms. The van der Waals surface area contributed by atoms with Crippen LogP contribution in [0.1, 0.15) is 155 Å². The zero-order valence-corrected chi connectivity index (χ0v) is 34.4. The van der Waals surface area contributed by atoms with Gasteiger partial charge in [-0.2, -0.15) is 0 Å². The van der Waals surface area contributed by atoms with Gasteiger partial charge in [0.25, 0.3) is 0 Å². The Balaban J connectivity index is 2.55. The predicted octanol–water partition coefficient (Wildman–Crippen LogP) is 7.05. The maximum absolute atomic E-state index is 12.8. The van der Waals surface area contributed by atoms with Gasteiger partial charge in [-0.25, -0.2) is 4.57 Å². The molecule has 0 heterocycles. The zero-order chi connectivity index (χ0) is 40.7. The minimum atomic E-state index is -5.12. The quantitative estimate of drug-likeness (QED) is 0.0170. The minimum Gasteiger partial charge on any atom is -0.462 e. The van der Waals surface area contributed by atoms with E-state index in [4.69, 9.17) is 18.5 Å². The summed E-state index contributed by atoms with van der Waals surface area (Å²) in [7, 11) is -5.12. The van der Waals surface area contributed by atoms with E-state index in [1.54, 1.807) is 0 Å². The van der Waals surface area contributed by atoms with Gasteiger partial charge < -0.3 is 39.9 Å². The second kappa shape index (κ2) is 32.1. The molecule has 0 spiro atoms. The van der Waals surface area contributed by atoms with Crippen molar-refractivity contribution in [2.24, 2.45) is 0 Å². The zero-order valence-electron chi connectivity index (χ0n) is 33.5. The third-order valence-electron chi connectivity index (χ3n) is 9.45. The van der Waals surface area contributed by atoms with Crippen molar-refractivity contribution in [2.45, 2.75) is 198 Å². The molecule has 320 valence electrons. The summed E-state index contributed by atoms with van der Waals surface area (Å²) >= 11 is 0. The van der Waals surface area contributed by atoms with E-state index in [2.05, 4.69) is 50.3 Å². The van der Waals surface area contributed by atoms with E-state index >= 15 is 0 Å². The number of carbonyl (C=O) groups excluding carboxylic acids is 2. The number of allylic oxidation sites excluding steroid dienone is 6. The predicted molar refractivity (Wildman–Crippen MR) is 212 cm³/mol. The Morgan fingerprint density at radius 3 is 1.58 bits per heavy atom. The maximum Gasteiger partial charge on any atom is 0.472 e. The van der Waals surface area contributed by atoms with Crippen LogP contribution in [0.15, 0.2) is 36.5 Å². The van der Waals surface area contributed by atoms with Crippen LogP contribution in [0.2, 0.25) is 0 Å². The highest BCUT2D eigenvalue weighted by Crippen LogP contribution is 2.47. The van der Waals surface area contributed by atoms with Gasteiger partial charge in [-0.15, -0.1) is 0 Å². The topological polar surface area (TPSA) is 210 Å². The van der Waals surface area contributed by atoms with Crippen molar-refractivity contribution in [1.82, 2.24) is 0 Å². The molecule has 55 heavy (non-hydrogen) atoms. The number of carbonyl (C=O) groups is 2. The van der Waals surface area contributed by atoms with Crippen LogP contribution in [0.5, 0.6) is 0 Å². The Labute approximate surface area is 329 Å². The molecule has 0 saturated heterocycles. The molecule has 0 bridgehead atoms. The standard InChI is InChI=1S/C41H73O13P/c1-3-5-7-9-11-13-15-16-17-18-20-22-24-26-28-30-35(43)53-33(31-51-34(42)29-27-25-23-21-19-14-12-10-8-6-4-2)32-52-55(49,50)54-41-39(47)37(45)36(44)38(46)40(41)48/h10,12,16-17,20,22,33,36-41,44-48H,3-9,11,13-15,18-19,21,23-32H2,1-2H3,(H,49,50)/b12-10+,17-16+,22-20+/t33-,36?,37-,38?,39?,40?,41?/m1/s1. The number of phosphoric ester groups is 1. The van der Waals surface area contributed by atoms with Gasteiger partial charge in [-0.3, -0.25) is 18.6 Å². The molecule has 6 unspecified atom stereocenters. The van der Waals surface area contributed by atoms with E-state index in [0.717, 1.165) is 64.2 Å². The lowest BCUT2D eigenvalue weighted by molar-refractivity contribution is -0.220. The minimum absolute atomic E-state index is 0.0524. The molecule has 0 aliphatic heterocycles. The second-order valence-corrected chi connectivity index (χ2v) is 15.9. The van der Waals surface area contributed by atoms with Crippen molar-refractivity contribution in [3.8, 4) is 0 Å². The van der Waals surface area contributed by atoms with Crippen molar-refractivity contribution in [2.75, 3.05) is 13.2 Å². The van der Waals surface area contributed by atoms with Crippen molar-refractivity contribution in [3.63, 3.8) is 0 Å². The summed E-state index contributed by atoms with van der Waals surface area (Å²) in [6, 6.07) is 0. The average molecular weight is 805 g/mol. The first-order valence-electron chi connectivity index (χ1n) is 20.8. The largest absolute Gasteiger partial charge is 0.472 e. The number of hydrogen-bond acceptors (Lipinski definition) is 12. The first-order chi connectivity index (χ1) is 26.4. The van der Waals surface area contributed by atoms with E-state index in [1.807, 2.05) is 0 Å². The lowest BCUT2D eigenvalue weighted by Crippen LogP contribution is -2.64. The number of esters is 2. The Hall–Kier alpha value is -1.93. The monoisotopic (exact) mass is 804 g/mol. The fraction of sp³-hybridized carbons (Fsp3) is 0.805. The summed E-state index contributed by atoms with van der Waals surface area (Å²) < 4.78 is 33.3. The van der Waals surface area contributed by atoms with Crippen LogP contribution in [0, 0.1) is 0 Å². The molecule has 0 aromatic carbocycles. The van der Waals surface area contributed by atoms with Crippen LogP contribution in [0.3, 0.4) is 0 Å². The highest BCUT2D eigenvalue weighted by molar-refractivity contribution is 7.47. The summed E-state index contributed by atoms with van der Waals surface area (Å²) in [5.74, 6) is -1.15.